The van der Waals surface area contributed by atoms with Crippen LogP contribution in [-0.4, -0.2) is 38.2 Å². The number of aromatic amines is 1. The van der Waals surface area contributed by atoms with E-state index in [-0.39, 0.29) is 17.9 Å². The summed E-state index contributed by atoms with van der Waals surface area (Å²) in [5.41, 5.74) is 3.19. The van der Waals surface area contributed by atoms with Gasteiger partial charge in [-0.1, -0.05) is 6.92 Å². The minimum atomic E-state index is -0.390. The van der Waals surface area contributed by atoms with Crippen molar-refractivity contribution in [2.45, 2.75) is 40.2 Å². The lowest BCUT2D eigenvalue weighted by atomic mass is 10.0. The molecule has 0 atom stereocenters. The molecule has 0 unspecified atom stereocenters. The summed E-state index contributed by atoms with van der Waals surface area (Å²) in [6.45, 7) is 8.14. The topological polar surface area (TPSA) is 92.5 Å². The Morgan fingerprint density at radius 2 is 2.15 bits per heavy atom. The van der Waals surface area contributed by atoms with Gasteiger partial charge in [0.2, 0.25) is 0 Å². The van der Waals surface area contributed by atoms with Crippen LogP contribution in [0.3, 0.4) is 0 Å². The SMILES string of the molecule is CCOC(=O)c1ccc2[nH]c(O)c(C(CC)=Nc3cnn(C(C)C)c3)c2c1. The van der Waals surface area contributed by atoms with Gasteiger partial charge in [0.25, 0.3) is 0 Å². The zero-order valence-corrected chi connectivity index (χ0v) is 16.0. The molecule has 7 heteroatoms. The number of nitrogens with zero attached hydrogens (tertiary/aromatic N) is 3. The molecule has 0 aliphatic heterocycles. The van der Waals surface area contributed by atoms with Crippen molar-refractivity contribution >= 4 is 28.3 Å². The summed E-state index contributed by atoms with van der Waals surface area (Å²) in [7, 11) is 0. The van der Waals surface area contributed by atoms with E-state index in [1.807, 2.05) is 31.6 Å². The van der Waals surface area contributed by atoms with E-state index in [9.17, 15) is 9.90 Å². The van der Waals surface area contributed by atoms with E-state index in [2.05, 4.69) is 15.1 Å². The number of aromatic hydroxyl groups is 1. The molecule has 142 valence electrons. The van der Waals surface area contributed by atoms with Crippen molar-refractivity contribution in [2.75, 3.05) is 6.61 Å². The van der Waals surface area contributed by atoms with Crippen LogP contribution in [-0.2, 0) is 4.74 Å². The molecule has 2 N–H and O–H groups in total. The molecular weight excluding hydrogens is 344 g/mol. The molecule has 3 aromatic rings. The fraction of sp³-hybridized carbons (Fsp3) is 0.350. The van der Waals surface area contributed by atoms with Crippen molar-refractivity contribution in [2.24, 2.45) is 4.99 Å². The number of hydrogen-bond donors (Lipinski definition) is 2. The number of esters is 1. The number of fused-ring (bicyclic) bond motifs is 1. The number of aromatic nitrogens is 3. The highest BCUT2D eigenvalue weighted by Crippen LogP contribution is 2.31. The van der Waals surface area contributed by atoms with Crippen LogP contribution in [0.1, 0.15) is 56.1 Å². The number of carbonyl (C=O) groups excluding carboxylic acids is 1. The van der Waals surface area contributed by atoms with Crippen LogP contribution in [0.15, 0.2) is 35.6 Å². The molecule has 0 saturated heterocycles. The Labute approximate surface area is 157 Å². The van der Waals surface area contributed by atoms with E-state index in [0.29, 0.717) is 29.9 Å². The fourth-order valence-electron chi connectivity index (χ4n) is 2.95. The van der Waals surface area contributed by atoms with Gasteiger partial charge in [0.1, 0.15) is 5.69 Å². The molecule has 3 rings (SSSR count). The average Bonchev–Trinajstić information content (AvgIpc) is 3.23. The van der Waals surface area contributed by atoms with Crippen molar-refractivity contribution in [3.63, 3.8) is 0 Å². The predicted octanol–water partition coefficient (Wildman–Crippen LogP) is 4.36. The number of nitrogens with one attached hydrogen (secondary N) is 1. The highest BCUT2D eigenvalue weighted by Gasteiger charge is 2.18. The highest BCUT2D eigenvalue weighted by molar-refractivity contribution is 6.14. The molecule has 0 bridgehead atoms. The van der Waals surface area contributed by atoms with Crippen molar-refractivity contribution in [1.29, 1.82) is 0 Å². The summed E-state index contributed by atoms with van der Waals surface area (Å²) in [6.07, 6.45) is 4.18. The predicted molar refractivity (Wildman–Crippen MR) is 105 cm³/mol. The van der Waals surface area contributed by atoms with Gasteiger partial charge in [-0.25, -0.2) is 9.79 Å². The lowest BCUT2D eigenvalue weighted by Gasteiger charge is -2.05. The highest BCUT2D eigenvalue weighted by atomic mass is 16.5. The monoisotopic (exact) mass is 368 g/mol. The molecule has 0 amide bonds. The first-order valence-electron chi connectivity index (χ1n) is 9.08. The molecule has 0 aliphatic rings. The molecule has 27 heavy (non-hydrogen) atoms. The van der Waals surface area contributed by atoms with E-state index < -0.39 is 0 Å². The fourth-order valence-corrected chi connectivity index (χ4v) is 2.95. The number of benzene rings is 1. The first-order valence-corrected chi connectivity index (χ1v) is 9.08. The van der Waals surface area contributed by atoms with Gasteiger partial charge < -0.3 is 14.8 Å². The van der Waals surface area contributed by atoms with Gasteiger partial charge in [-0.15, -0.1) is 0 Å². The molecule has 0 spiro atoms. The molecule has 0 radical (unpaired) electrons. The largest absolute Gasteiger partial charge is 0.494 e. The van der Waals surface area contributed by atoms with Gasteiger partial charge in [-0.3, -0.25) is 4.68 Å². The Bertz CT molecular complexity index is 998. The molecule has 2 heterocycles. The summed E-state index contributed by atoms with van der Waals surface area (Å²) in [5, 5.41) is 15.5. The van der Waals surface area contributed by atoms with Crippen LogP contribution in [0, 0.1) is 0 Å². The van der Waals surface area contributed by atoms with E-state index in [1.165, 1.54) is 0 Å². The lowest BCUT2D eigenvalue weighted by Crippen LogP contribution is -2.04. The Balaban J connectivity index is 2.09. The maximum atomic E-state index is 12.1. The van der Waals surface area contributed by atoms with Crippen molar-refractivity contribution < 1.29 is 14.6 Å². The zero-order valence-electron chi connectivity index (χ0n) is 16.0. The number of carbonyl (C=O) groups is 1. The minimum absolute atomic E-state index is 0.0304. The number of rotatable bonds is 6. The summed E-state index contributed by atoms with van der Waals surface area (Å²) in [5.74, 6) is -0.359. The smallest absolute Gasteiger partial charge is 0.338 e. The van der Waals surface area contributed by atoms with Gasteiger partial charge in [0.05, 0.1) is 35.8 Å². The van der Waals surface area contributed by atoms with Crippen LogP contribution >= 0.6 is 0 Å². The number of H-pyrrole nitrogens is 1. The summed E-state index contributed by atoms with van der Waals surface area (Å²) in [6, 6.07) is 5.40. The van der Waals surface area contributed by atoms with Crippen LogP contribution in [0.5, 0.6) is 5.88 Å². The second-order valence-corrected chi connectivity index (χ2v) is 6.51. The van der Waals surface area contributed by atoms with Gasteiger partial charge in [-0.05, 0) is 45.4 Å². The van der Waals surface area contributed by atoms with Gasteiger partial charge >= 0.3 is 5.97 Å². The van der Waals surface area contributed by atoms with E-state index in [0.717, 1.165) is 16.6 Å². The molecule has 0 aliphatic carbocycles. The zero-order chi connectivity index (χ0) is 19.6. The maximum absolute atomic E-state index is 12.1. The lowest BCUT2D eigenvalue weighted by molar-refractivity contribution is 0.0526. The quantitative estimate of drug-likeness (QED) is 0.499. The van der Waals surface area contributed by atoms with E-state index in [4.69, 9.17) is 4.74 Å². The average molecular weight is 368 g/mol. The minimum Gasteiger partial charge on any atom is -0.494 e. The number of hydrogen-bond acceptors (Lipinski definition) is 5. The number of ether oxygens (including phenoxy) is 1. The van der Waals surface area contributed by atoms with Gasteiger partial charge in [-0.2, -0.15) is 5.10 Å². The first-order chi connectivity index (χ1) is 12.9. The van der Waals surface area contributed by atoms with Crippen molar-refractivity contribution in [3.05, 3.63) is 41.7 Å². The Kier molecular flexibility index (Phi) is 5.30. The van der Waals surface area contributed by atoms with Crippen molar-refractivity contribution in [3.8, 4) is 5.88 Å². The second-order valence-electron chi connectivity index (χ2n) is 6.51. The second kappa shape index (κ2) is 7.65. The van der Waals surface area contributed by atoms with Crippen LogP contribution in [0.25, 0.3) is 10.9 Å². The maximum Gasteiger partial charge on any atom is 0.338 e. The Morgan fingerprint density at radius 1 is 1.37 bits per heavy atom. The summed E-state index contributed by atoms with van der Waals surface area (Å²) in [4.78, 5) is 19.7. The van der Waals surface area contributed by atoms with Gasteiger partial charge in [0.15, 0.2) is 5.88 Å². The van der Waals surface area contributed by atoms with Crippen molar-refractivity contribution in [1.82, 2.24) is 14.8 Å². The summed E-state index contributed by atoms with van der Waals surface area (Å²) < 4.78 is 6.91. The third-order valence-electron chi connectivity index (χ3n) is 4.29. The normalized spacial score (nSPS) is 12.1. The van der Waals surface area contributed by atoms with Gasteiger partial charge in [0, 0.05) is 16.9 Å². The third-order valence-corrected chi connectivity index (χ3v) is 4.29. The molecule has 1 aromatic carbocycles. The van der Waals surface area contributed by atoms with E-state index >= 15 is 0 Å². The summed E-state index contributed by atoms with van der Waals surface area (Å²) >= 11 is 0. The molecule has 7 nitrogen and oxygen atoms in total. The molecular formula is C20H24N4O3. The molecule has 0 saturated carbocycles. The first kappa shape index (κ1) is 18.7. The van der Waals surface area contributed by atoms with Crippen LogP contribution in [0.2, 0.25) is 0 Å². The van der Waals surface area contributed by atoms with Crippen LogP contribution < -0.4 is 0 Å². The Hall–Kier alpha value is -3.09. The molecule has 0 fully saturated rings. The molecule has 2 aromatic heterocycles. The van der Waals surface area contributed by atoms with E-state index in [1.54, 1.807) is 31.3 Å². The van der Waals surface area contributed by atoms with Crippen LogP contribution in [0.4, 0.5) is 5.69 Å². The number of aliphatic imine (C=N–C) groups is 1. The standard InChI is InChI=1S/C20H24N4O3/c1-5-16(22-14-10-21-24(11-14)12(3)4)18-15-9-13(20(26)27-6-2)7-8-17(15)23-19(18)25/h7-12,23,25H,5-6H2,1-4H3. The third kappa shape index (κ3) is 3.72. The Morgan fingerprint density at radius 3 is 2.78 bits per heavy atom.